The van der Waals surface area contributed by atoms with Crippen LogP contribution in [0.25, 0.3) is 11.0 Å². The number of urea groups is 1. The quantitative estimate of drug-likeness (QED) is 0.620. The van der Waals surface area contributed by atoms with Crippen LogP contribution < -0.4 is 10.7 Å². The maximum absolute atomic E-state index is 12.6. The van der Waals surface area contributed by atoms with Crippen LogP contribution in [0.4, 0.5) is 4.79 Å². The topological polar surface area (TPSA) is 96.3 Å². The van der Waals surface area contributed by atoms with Crippen LogP contribution in [-0.4, -0.2) is 41.5 Å². The number of benzene rings is 2. The van der Waals surface area contributed by atoms with Crippen LogP contribution >= 0.6 is 0 Å². The molecule has 3 aromatic rings. The standard InChI is InChI=1S/C20H25N5O3S/c1-4-24(5-2)29(27,28)17-12-10-16(11-13-17)15(3)22-20(26)23-25-14-21-18-8-6-7-9-19(18)25/h6-15H,4-5H2,1-3H3,(H2,22,23,26)/t15-/m1/s1. The van der Waals surface area contributed by atoms with Crippen molar-refractivity contribution < 1.29 is 13.2 Å². The lowest BCUT2D eigenvalue weighted by molar-refractivity contribution is 0.247. The van der Waals surface area contributed by atoms with Crippen LogP contribution in [0.5, 0.6) is 0 Å². The highest BCUT2D eigenvalue weighted by atomic mass is 32.2. The predicted molar refractivity (Wildman–Crippen MR) is 113 cm³/mol. The van der Waals surface area contributed by atoms with E-state index in [4.69, 9.17) is 0 Å². The van der Waals surface area contributed by atoms with Gasteiger partial charge in [0.15, 0.2) is 0 Å². The first kappa shape index (κ1) is 20.8. The average Bonchev–Trinajstić information content (AvgIpc) is 3.11. The minimum absolute atomic E-state index is 0.242. The fraction of sp³-hybridized carbons (Fsp3) is 0.300. The minimum atomic E-state index is -3.50. The van der Waals surface area contributed by atoms with E-state index < -0.39 is 10.0 Å². The number of nitrogens with one attached hydrogen (secondary N) is 2. The molecule has 0 saturated carbocycles. The van der Waals surface area contributed by atoms with Crippen LogP contribution in [0.1, 0.15) is 32.4 Å². The van der Waals surface area contributed by atoms with E-state index in [1.807, 2.05) is 45.0 Å². The van der Waals surface area contributed by atoms with Gasteiger partial charge in [0, 0.05) is 13.1 Å². The molecule has 0 bridgehead atoms. The van der Waals surface area contributed by atoms with E-state index in [-0.39, 0.29) is 17.0 Å². The summed E-state index contributed by atoms with van der Waals surface area (Å²) in [5.74, 6) is 0. The number of amides is 2. The third kappa shape index (κ3) is 4.41. The Bertz CT molecular complexity index is 1090. The second kappa shape index (κ2) is 8.62. The zero-order chi connectivity index (χ0) is 21.0. The Kier molecular flexibility index (Phi) is 6.19. The molecule has 29 heavy (non-hydrogen) atoms. The number of aromatic nitrogens is 2. The van der Waals surface area contributed by atoms with Gasteiger partial charge in [-0.2, -0.15) is 4.31 Å². The molecular weight excluding hydrogens is 390 g/mol. The molecule has 0 unspecified atom stereocenters. The van der Waals surface area contributed by atoms with Gasteiger partial charge >= 0.3 is 6.03 Å². The summed E-state index contributed by atoms with van der Waals surface area (Å²) in [5.41, 5.74) is 5.11. The van der Waals surface area contributed by atoms with Gasteiger partial charge in [-0.1, -0.05) is 38.1 Å². The maximum Gasteiger partial charge on any atom is 0.334 e. The SMILES string of the molecule is CCN(CC)S(=O)(=O)c1ccc([C@@H](C)NC(=O)Nn2cnc3ccccc32)cc1. The van der Waals surface area contributed by atoms with Gasteiger partial charge in [0.2, 0.25) is 10.0 Å². The van der Waals surface area contributed by atoms with Crippen molar-refractivity contribution in [2.75, 3.05) is 18.5 Å². The molecule has 0 radical (unpaired) electrons. The van der Waals surface area contributed by atoms with E-state index in [9.17, 15) is 13.2 Å². The van der Waals surface area contributed by atoms with E-state index in [0.717, 1.165) is 16.6 Å². The summed E-state index contributed by atoms with van der Waals surface area (Å²) in [6.07, 6.45) is 1.54. The summed E-state index contributed by atoms with van der Waals surface area (Å²) in [4.78, 5) is 16.8. The number of hydrogen-bond acceptors (Lipinski definition) is 4. The Morgan fingerprint density at radius 1 is 1.10 bits per heavy atom. The number of sulfonamides is 1. The summed E-state index contributed by atoms with van der Waals surface area (Å²) in [7, 11) is -3.50. The number of para-hydroxylation sites is 2. The number of carbonyl (C=O) groups is 1. The fourth-order valence-electron chi connectivity index (χ4n) is 3.11. The largest absolute Gasteiger partial charge is 0.334 e. The number of hydrogen-bond donors (Lipinski definition) is 2. The van der Waals surface area contributed by atoms with Gasteiger partial charge < -0.3 is 5.32 Å². The first-order valence-corrected chi connectivity index (χ1v) is 10.9. The van der Waals surface area contributed by atoms with Gasteiger partial charge in [-0.05, 0) is 36.8 Å². The molecule has 2 aromatic carbocycles. The second-order valence-electron chi connectivity index (χ2n) is 6.57. The maximum atomic E-state index is 12.6. The zero-order valence-corrected chi connectivity index (χ0v) is 17.5. The van der Waals surface area contributed by atoms with Crippen LogP contribution in [0.3, 0.4) is 0 Å². The average molecular weight is 416 g/mol. The van der Waals surface area contributed by atoms with Crippen LogP contribution in [0.15, 0.2) is 59.8 Å². The first-order chi connectivity index (χ1) is 13.9. The number of carbonyl (C=O) groups excluding carboxylic acids is 1. The van der Waals surface area contributed by atoms with E-state index in [1.165, 1.54) is 4.31 Å². The zero-order valence-electron chi connectivity index (χ0n) is 16.7. The van der Waals surface area contributed by atoms with E-state index in [0.29, 0.717) is 13.1 Å². The van der Waals surface area contributed by atoms with Gasteiger partial charge in [-0.25, -0.2) is 28.3 Å². The summed E-state index contributed by atoms with van der Waals surface area (Å²) >= 11 is 0. The third-order valence-corrected chi connectivity index (χ3v) is 6.81. The van der Waals surface area contributed by atoms with Gasteiger partial charge in [-0.15, -0.1) is 0 Å². The van der Waals surface area contributed by atoms with Crippen molar-refractivity contribution in [3.63, 3.8) is 0 Å². The van der Waals surface area contributed by atoms with Crippen molar-refractivity contribution in [3.05, 3.63) is 60.4 Å². The van der Waals surface area contributed by atoms with Crippen molar-refractivity contribution in [1.82, 2.24) is 19.3 Å². The molecule has 9 heteroatoms. The lowest BCUT2D eigenvalue weighted by Gasteiger charge is -2.19. The number of imidazole rings is 1. The Morgan fingerprint density at radius 3 is 2.41 bits per heavy atom. The van der Waals surface area contributed by atoms with Crippen LogP contribution in [-0.2, 0) is 10.0 Å². The minimum Gasteiger partial charge on any atom is -0.330 e. The summed E-state index contributed by atoms with van der Waals surface area (Å²) in [6.45, 7) is 6.29. The molecule has 2 amide bonds. The number of fused-ring (bicyclic) bond motifs is 1. The summed E-state index contributed by atoms with van der Waals surface area (Å²) < 4.78 is 28.1. The Labute approximate surface area is 170 Å². The number of rotatable bonds is 7. The molecule has 0 spiro atoms. The van der Waals surface area contributed by atoms with Crippen molar-refractivity contribution in [2.24, 2.45) is 0 Å². The van der Waals surface area contributed by atoms with Crippen molar-refractivity contribution >= 4 is 27.1 Å². The molecule has 154 valence electrons. The van der Waals surface area contributed by atoms with Crippen molar-refractivity contribution in [3.8, 4) is 0 Å². The molecule has 1 aromatic heterocycles. The lowest BCUT2D eigenvalue weighted by atomic mass is 10.1. The molecular formula is C20H25N5O3S. The summed E-state index contributed by atoms with van der Waals surface area (Å²) in [6, 6.07) is 13.4. The Hall–Kier alpha value is -2.91. The van der Waals surface area contributed by atoms with Gasteiger partial charge in [0.25, 0.3) is 0 Å². The number of nitrogens with zero attached hydrogens (tertiary/aromatic N) is 3. The smallest absolute Gasteiger partial charge is 0.330 e. The van der Waals surface area contributed by atoms with Crippen molar-refractivity contribution in [2.45, 2.75) is 31.7 Å². The monoisotopic (exact) mass is 415 g/mol. The van der Waals surface area contributed by atoms with Crippen LogP contribution in [0, 0.1) is 0 Å². The van der Waals surface area contributed by atoms with Gasteiger partial charge in [0.05, 0.1) is 22.0 Å². The van der Waals surface area contributed by atoms with Gasteiger partial charge in [0.1, 0.15) is 6.33 Å². The predicted octanol–water partition coefficient (Wildman–Crippen LogP) is 3.08. The van der Waals surface area contributed by atoms with E-state index in [2.05, 4.69) is 15.7 Å². The first-order valence-electron chi connectivity index (χ1n) is 9.46. The molecule has 2 N–H and O–H groups in total. The van der Waals surface area contributed by atoms with E-state index >= 15 is 0 Å². The third-order valence-electron chi connectivity index (χ3n) is 4.75. The molecule has 8 nitrogen and oxygen atoms in total. The Balaban J connectivity index is 1.67. The molecule has 3 rings (SSSR count). The van der Waals surface area contributed by atoms with Crippen LogP contribution in [0.2, 0.25) is 0 Å². The summed E-state index contributed by atoms with van der Waals surface area (Å²) in [5, 5.41) is 2.84. The molecule has 0 aliphatic rings. The molecule has 0 aliphatic carbocycles. The van der Waals surface area contributed by atoms with Gasteiger partial charge in [-0.3, -0.25) is 0 Å². The fourth-order valence-corrected chi connectivity index (χ4v) is 4.57. The highest BCUT2D eigenvalue weighted by molar-refractivity contribution is 7.89. The molecule has 0 aliphatic heterocycles. The highest BCUT2D eigenvalue weighted by Crippen LogP contribution is 2.19. The molecule has 1 atom stereocenters. The van der Waals surface area contributed by atoms with Crippen molar-refractivity contribution in [1.29, 1.82) is 0 Å². The molecule has 0 saturated heterocycles. The second-order valence-corrected chi connectivity index (χ2v) is 8.51. The van der Waals surface area contributed by atoms with E-state index in [1.54, 1.807) is 35.3 Å². The Morgan fingerprint density at radius 2 is 1.76 bits per heavy atom. The molecule has 1 heterocycles. The lowest BCUT2D eigenvalue weighted by Crippen LogP contribution is -2.35. The normalized spacial score (nSPS) is 12.8. The molecule has 0 fully saturated rings. The highest BCUT2D eigenvalue weighted by Gasteiger charge is 2.21.